The number of carboxylic acid groups (broad SMARTS) is 1. The zero-order chi connectivity index (χ0) is 13.8. The van der Waals surface area contributed by atoms with Crippen molar-refractivity contribution in [2.24, 2.45) is 0 Å². The molecular weight excluding hydrogens is 326 g/mol. The molecule has 1 fully saturated rings. The lowest BCUT2D eigenvalue weighted by Crippen LogP contribution is -2.31. The number of carboxylic acids is 1. The maximum absolute atomic E-state index is 10.7. The van der Waals surface area contributed by atoms with Crippen molar-refractivity contribution in [3.05, 3.63) is 34.3 Å². The molecule has 19 heavy (non-hydrogen) atoms. The van der Waals surface area contributed by atoms with Gasteiger partial charge in [-0.3, -0.25) is 0 Å². The molecule has 0 saturated carbocycles. The topological polar surface area (TPSA) is 40.5 Å². The van der Waals surface area contributed by atoms with Crippen molar-refractivity contribution in [2.45, 2.75) is 12.5 Å². The van der Waals surface area contributed by atoms with Crippen LogP contribution in [0.25, 0.3) is 6.08 Å². The van der Waals surface area contributed by atoms with E-state index in [0.717, 1.165) is 21.5 Å². The van der Waals surface area contributed by atoms with Gasteiger partial charge < -0.3 is 10.0 Å². The van der Waals surface area contributed by atoms with Gasteiger partial charge in [0.25, 0.3) is 0 Å². The molecule has 1 heterocycles. The van der Waals surface area contributed by atoms with Crippen LogP contribution in [-0.4, -0.2) is 35.7 Å². The van der Waals surface area contributed by atoms with Gasteiger partial charge in [-0.05, 0) is 35.9 Å². The third-order valence-electron chi connectivity index (χ3n) is 3.23. The predicted molar refractivity (Wildman–Crippen MR) is 84.9 cm³/mol. The average Bonchev–Trinajstić information content (AvgIpc) is 2.90. The molecule has 102 valence electrons. The summed E-state index contributed by atoms with van der Waals surface area (Å²) in [4.78, 5) is 12.9. The molecule has 1 atom stereocenters. The number of nitrogens with zero attached hydrogens (tertiary/aromatic N) is 1. The molecule has 0 spiro atoms. The lowest BCUT2D eigenvalue weighted by molar-refractivity contribution is -0.131. The van der Waals surface area contributed by atoms with E-state index < -0.39 is 5.97 Å². The van der Waals surface area contributed by atoms with Crippen LogP contribution >= 0.6 is 27.7 Å². The van der Waals surface area contributed by atoms with Crippen LogP contribution in [0, 0.1) is 0 Å². The molecule has 0 radical (unpaired) electrons. The van der Waals surface area contributed by atoms with Crippen molar-refractivity contribution >= 4 is 45.4 Å². The highest BCUT2D eigenvalue weighted by atomic mass is 79.9. The molecule has 1 aliphatic heterocycles. The van der Waals surface area contributed by atoms with Crippen LogP contribution in [0.2, 0.25) is 0 Å². The first-order valence-electron chi connectivity index (χ1n) is 6.09. The first kappa shape index (κ1) is 14.5. The third-order valence-corrected chi connectivity index (χ3v) is 4.87. The molecule has 1 aromatic carbocycles. The molecule has 0 amide bonds. The van der Waals surface area contributed by atoms with Gasteiger partial charge in [0.05, 0.1) is 0 Å². The van der Waals surface area contributed by atoms with E-state index in [-0.39, 0.29) is 0 Å². The normalized spacial score (nSPS) is 18.9. The van der Waals surface area contributed by atoms with Crippen molar-refractivity contribution in [3.63, 3.8) is 0 Å². The SMILES string of the molecule is CN(c1cc(Br)ccc1/C=C/C(=O)O)C1CCSC1. The fourth-order valence-electron chi connectivity index (χ4n) is 2.15. The Bertz CT molecular complexity index is 498. The molecule has 1 N–H and O–H groups in total. The second-order valence-corrected chi connectivity index (χ2v) is 6.57. The van der Waals surface area contributed by atoms with Gasteiger partial charge in [-0.25, -0.2) is 4.79 Å². The molecule has 5 heteroatoms. The van der Waals surface area contributed by atoms with Crippen molar-refractivity contribution in [1.82, 2.24) is 0 Å². The second-order valence-electron chi connectivity index (χ2n) is 4.50. The molecule has 1 unspecified atom stereocenters. The van der Waals surface area contributed by atoms with E-state index in [4.69, 9.17) is 5.11 Å². The Morgan fingerprint density at radius 2 is 2.37 bits per heavy atom. The minimum absolute atomic E-state index is 0.524. The Labute approximate surface area is 125 Å². The summed E-state index contributed by atoms with van der Waals surface area (Å²) in [5.74, 6) is 1.40. The van der Waals surface area contributed by atoms with E-state index in [1.54, 1.807) is 6.08 Å². The summed E-state index contributed by atoms with van der Waals surface area (Å²) in [6, 6.07) is 6.45. The number of benzene rings is 1. The maximum atomic E-state index is 10.7. The van der Waals surface area contributed by atoms with E-state index in [9.17, 15) is 4.79 Å². The average molecular weight is 342 g/mol. The summed E-state index contributed by atoms with van der Waals surface area (Å²) in [5, 5.41) is 8.76. The van der Waals surface area contributed by atoms with Gasteiger partial charge in [-0.15, -0.1) is 0 Å². The van der Waals surface area contributed by atoms with Gasteiger partial charge in [0.15, 0.2) is 0 Å². The molecule has 1 saturated heterocycles. The molecule has 0 aliphatic carbocycles. The van der Waals surface area contributed by atoms with Crippen molar-refractivity contribution in [2.75, 3.05) is 23.5 Å². The fraction of sp³-hybridized carbons (Fsp3) is 0.357. The lowest BCUT2D eigenvalue weighted by atomic mass is 10.1. The summed E-state index contributed by atoms with van der Waals surface area (Å²) in [6.45, 7) is 0. The number of aliphatic carboxylic acids is 1. The van der Waals surface area contributed by atoms with Crippen LogP contribution < -0.4 is 4.90 Å². The summed E-state index contributed by atoms with van der Waals surface area (Å²) >= 11 is 5.45. The molecule has 1 aliphatic rings. The molecular formula is C14H16BrNO2S. The summed E-state index contributed by atoms with van der Waals surface area (Å²) in [7, 11) is 2.08. The monoisotopic (exact) mass is 341 g/mol. The van der Waals surface area contributed by atoms with Crippen molar-refractivity contribution < 1.29 is 9.90 Å². The lowest BCUT2D eigenvalue weighted by Gasteiger charge is -2.27. The van der Waals surface area contributed by atoms with E-state index >= 15 is 0 Å². The van der Waals surface area contributed by atoms with Crippen LogP contribution in [0.3, 0.4) is 0 Å². The minimum Gasteiger partial charge on any atom is -0.478 e. The summed E-state index contributed by atoms with van der Waals surface area (Å²) in [5.41, 5.74) is 2.00. The van der Waals surface area contributed by atoms with E-state index in [2.05, 4.69) is 27.9 Å². The van der Waals surface area contributed by atoms with Crippen LogP contribution in [0.4, 0.5) is 5.69 Å². The zero-order valence-corrected chi connectivity index (χ0v) is 13.1. The molecule has 3 nitrogen and oxygen atoms in total. The molecule has 0 aromatic heterocycles. The van der Waals surface area contributed by atoms with Crippen molar-refractivity contribution in [3.8, 4) is 0 Å². The summed E-state index contributed by atoms with van der Waals surface area (Å²) < 4.78 is 1.01. The quantitative estimate of drug-likeness (QED) is 0.851. The Morgan fingerprint density at radius 3 is 3.00 bits per heavy atom. The second kappa shape index (κ2) is 6.48. The molecule has 1 aromatic rings. The van der Waals surface area contributed by atoms with Crippen LogP contribution in [0.1, 0.15) is 12.0 Å². The van der Waals surface area contributed by atoms with Crippen molar-refractivity contribution in [1.29, 1.82) is 0 Å². The smallest absolute Gasteiger partial charge is 0.328 e. The number of carbonyl (C=O) groups is 1. The minimum atomic E-state index is -0.923. The maximum Gasteiger partial charge on any atom is 0.328 e. The Hall–Kier alpha value is -0.940. The molecule has 0 bridgehead atoms. The first-order chi connectivity index (χ1) is 9.08. The van der Waals surface area contributed by atoms with Crippen LogP contribution in [-0.2, 0) is 4.79 Å². The number of halogens is 1. The Balaban J connectivity index is 2.30. The number of rotatable bonds is 4. The Kier molecular flexibility index (Phi) is 4.93. The van der Waals surface area contributed by atoms with Gasteiger partial charge in [0.2, 0.25) is 0 Å². The van der Waals surface area contributed by atoms with Gasteiger partial charge in [0.1, 0.15) is 0 Å². The summed E-state index contributed by atoms with van der Waals surface area (Å²) in [6.07, 6.45) is 4.02. The third kappa shape index (κ3) is 3.76. The van der Waals surface area contributed by atoms with Gasteiger partial charge in [-0.2, -0.15) is 11.8 Å². The van der Waals surface area contributed by atoms with Gasteiger partial charge in [-0.1, -0.05) is 22.0 Å². The van der Waals surface area contributed by atoms with E-state index in [1.807, 2.05) is 30.0 Å². The number of thioether (sulfide) groups is 1. The zero-order valence-electron chi connectivity index (χ0n) is 10.7. The molecule has 2 rings (SSSR count). The standard InChI is InChI=1S/C14H16BrNO2S/c1-16(12-6-7-19-9-12)13-8-11(15)4-2-10(13)3-5-14(17)18/h2-5,8,12H,6-7,9H2,1H3,(H,17,18)/b5-3+. The number of anilines is 1. The highest BCUT2D eigenvalue weighted by Gasteiger charge is 2.21. The van der Waals surface area contributed by atoms with Crippen LogP contribution in [0.5, 0.6) is 0 Å². The predicted octanol–water partition coefficient (Wildman–Crippen LogP) is 3.49. The Morgan fingerprint density at radius 1 is 1.58 bits per heavy atom. The van der Waals surface area contributed by atoms with Crippen LogP contribution in [0.15, 0.2) is 28.7 Å². The van der Waals surface area contributed by atoms with Gasteiger partial charge in [0, 0.05) is 35.1 Å². The number of hydrogen-bond acceptors (Lipinski definition) is 3. The van der Waals surface area contributed by atoms with E-state index in [0.29, 0.717) is 6.04 Å². The van der Waals surface area contributed by atoms with E-state index in [1.165, 1.54) is 18.2 Å². The van der Waals surface area contributed by atoms with Gasteiger partial charge >= 0.3 is 5.97 Å². The first-order valence-corrected chi connectivity index (χ1v) is 8.04. The fourth-order valence-corrected chi connectivity index (χ4v) is 3.77. The number of hydrogen-bond donors (Lipinski definition) is 1. The highest BCUT2D eigenvalue weighted by molar-refractivity contribution is 9.10. The largest absolute Gasteiger partial charge is 0.478 e. The highest BCUT2D eigenvalue weighted by Crippen LogP contribution is 2.31.